The molecule has 1 heterocycles. The normalized spacial score (nSPS) is 13.3. The number of rotatable bonds is 2. The van der Waals surface area contributed by atoms with E-state index in [4.69, 9.17) is 6.11 Å². The molecule has 0 aromatic heterocycles. The van der Waals surface area contributed by atoms with Gasteiger partial charge in [0.25, 0.3) is 10.1 Å². The Labute approximate surface area is 130 Å². The van der Waals surface area contributed by atoms with Crippen molar-refractivity contribution in [3.63, 3.8) is 0 Å². The first-order chi connectivity index (χ1) is 10.9. The van der Waals surface area contributed by atoms with Crippen LogP contribution in [0.3, 0.4) is 0 Å². The molecule has 22 heavy (non-hydrogen) atoms. The lowest BCUT2D eigenvalue weighted by Crippen LogP contribution is -2.02. The van der Waals surface area contributed by atoms with Crippen molar-refractivity contribution in [1.82, 2.24) is 0 Å². The second kappa shape index (κ2) is 7.20. The summed E-state index contributed by atoms with van der Waals surface area (Å²) in [4.78, 5) is -0.0496. The largest absolute Gasteiger partial charge is 0.489 e. The monoisotopic (exact) mass is 323 g/mol. The van der Waals surface area contributed by atoms with Gasteiger partial charge < -0.3 is 4.74 Å². The van der Waals surface area contributed by atoms with E-state index in [2.05, 4.69) is 4.18 Å². The molecule has 0 bridgehead atoms. The minimum atomic E-state index is -3.68. The molecular formula is C16H15FO4S. The van der Waals surface area contributed by atoms with Crippen molar-refractivity contribution < 1.29 is 23.1 Å². The Kier molecular flexibility index (Phi) is 4.82. The van der Waals surface area contributed by atoms with Gasteiger partial charge in [0.05, 0.1) is 13.4 Å². The van der Waals surface area contributed by atoms with Gasteiger partial charge in [-0.2, -0.15) is 8.42 Å². The SMILES string of the molecule is COS(=O)(=O)c1ccc(F)cc1.[2H]c1cccc2c1C=CCO2. The van der Waals surface area contributed by atoms with Gasteiger partial charge in [0.15, 0.2) is 0 Å². The molecule has 1 aliphatic rings. The summed E-state index contributed by atoms with van der Waals surface area (Å²) in [5, 5.41) is 0. The molecule has 116 valence electrons. The average Bonchev–Trinajstić information content (AvgIpc) is 2.56. The summed E-state index contributed by atoms with van der Waals surface area (Å²) in [6.45, 7) is 0.621. The molecule has 6 heteroatoms. The fourth-order valence-electron chi connectivity index (χ4n) is 1.69. The van der Waals surface area contributed by atoms with Crippen LogP contribution in [0.5, 0.6) is 5.75 Å². The Balaban J connectivity index is 0.000000167. The zero-order valence-electron chi connectivity index (χ0n) is 12.8. The molecule has 0 N–H and O–H groups in total. The van der Waals surface area contributed by atoms with E-state index in [0.29, 0.717) is 12.6 Å². The number of ether oxygens (including phenoxy) is 1. The third-order valence-corrected chi connectivity index (χ3v) is 4.08. The molecule has 2 aromatic rings. The standard InChI is InChI=1S/C9H8O.C7H7FO3S/c1-2-6-9-8(4-1)5-3-7-10-9;1-11-12(9,10)7-4-2-6(8)3-5-7/h1-6H,7H2;2-5H,1H3/i4D;. The van der Waals surface area contributed by atoms with Gasteiger partial charge in [-0.15, -0.1) is 0 Å². The first-order valence-corrected chi connectivity index (χ1v) is 7.80. The number of benzene rings is 2. The average molecular weight is 323 g/mol. The van der Waals surface area contributed by atoms with Crippen LogP contribution in [0.15, 0.2) is 59.5 Å². The highest BCUT2D eigenvalue weighted by Gasteiger charge is 2.11. The Morgan fingerprint density at radius 1 is 1.23 bits per heavy atom. The first kappa shape index (κ1) is 14.7. The van der Waals surface area contributed by atoms with Gasteiger partial charge in [-0.1, -0.05) is 24.3 Å². The van der Waals surface area contributed by atoms with Crippen LogP contribution in [0, 0.1) is 5.82 Å². The van der Waals surface area contributed by atoms with E-state index < -0.39 is 15.9 Å². The van der Waals surface area contributed by atoms with Crippen molar-refractivity contribution in [3.05, 3.63) is 66.0 Å². The molecule has 0 saturated heterocycles. The van der Waals surface area contributed by atoms with E-state index >= 15 is 0 Å². The number of para-hydroxylation sites is 1. The Morgan fingerprint density at radius 2 is 1.95 bits per heavy atom. The summed E-state index contributed by atoms with van der Waals surface area (Å²) < 4.78 is 51.3. The maximum Gasteiger partial charge on any atom is 0.296 e. The topological polar surface area (TPSA) is 52.6 Å². The summed E-state index contributed by atoms with van der Waals surface area (Å²) in [7, 11) is -2.63. The van der Waals surface area contributed by atoms with Crippen LogP contribution in [0.25, 0.3) is 6.08 Å². The summed E-state index contributed by atoms with van der Waals surface area (Å²) >= 11 is 0. The minimum Gasteiger partial charge on any atom is -0.489 e. The van der Waals surface area contributed by atoms with Crippen molar-refractivity contribution in [2.45, 2.75) is 4.90 Å². The molecule has 1 aliphatic heterocycles. The molecule has 2 aromatic carbocycles. The lowest BCUT2D eigenvalue weighted by Gasteiger charge is -2.10. The van der Waals surface area contributed by atoms with E-state index in [0.717, 1.165) is 42.7 Å². The lowest BCUT2D eigenvalue weighted by atomic mass is 10.1. The summed E-state index contributed by atoms with van der Waals surface area (Å²) in [5.41, 5.74) is 0.888. The van der Waals surface area contributed by atoms with Gasteiger partial charge in [-0.3, -0.25) is 4.18 Å². The van der Waals surface area contributed by atoms with Crippen molar-refractivity contribution in [3.8, 4) is 5.75 Å². The van der Waals surface area contributed by atoms with E-state index in [1.165, 1.54) is 0 Å². The molecule has 0 fully saturated rings. The van der Waals surface area contributed by atoms with Crippen LogP contribution in [-0.4, -0.2) is 22.1 Å². The Bertz CT molecular complexity index is 801. The quantitative estimate of drug-likeness (QED) is 0.796. The van der Waals surface area contributed by atoms with Gasteiger partial charge in [-0.25, -0.2) is 4.39 Å². The van der Waals surface area contributed by atoms with Crippen molar-refractivity contribution >= 4 is 16.2 Å². The Morgan fingerprint density at radius 3 is 2.59 bits per heavy atom. The van der Waals surface area contributed by atoms with Crippen LogP contribution in [0.2, 0.25) is 0 Å². The van der Waals surface area contributed by atoms with Crippen molar-refractivity contribution in [1.29, 1.82) is 0 Å². The molecule has 0 unspecified atom stereocenters. The highest BCUT2D eigenvalue weighted by molar-refractivity contribution is 7.86. The number of hydrogen-bond donors (Lipinski definition) is 0. The van der Waals surface area contributed by atoms with Crippen molar-refractivity contribution in [2.75, 3.05) is 13.7 Å². The van der Waals surface area contributed by atoms with Crippen LogP contribution in [0.4, 0.5) is 4.39 Å². The van der Waals surface area contributed by atoms with E-state index in [-0.39, 0.29) is 4.90 Å². The summed E-state index contributed by atoms with van der Waals surface area (Å²) in [5.74, 6) is 0.338. The van der Waals surface area contributed by atoms with Gasteiger partial charge in [-0.05, 0) is 36.4 Å². The predicted octanol–water partition coefficient (Wildman–Crippen LogP) is 3.25. The van der Waals surface area contributed by atoms with Crippen LogP contribution < -0.4 is 4.74 Å². The minimum absolute atomic E-state index is 0.0496. The molecule has 0 spiro atoms. The second-order valence-electron chi connectivity index (χ2n) is 4.24. The fraction of sp³-hybridized carbons (Fsp3) is 0.125. The zero-order valence-corrected chi connectivity index (χ0v) is 12.6. The maximum absolute atomic E-state index is 12.3. The summed E-state index contributed by atoms with van der Waals surface area (Å²) in [6, 6.07) is 10.4. The van der Waals surface area contributed by atoms with Gasteiger partial charge in [0, 0.05) is 5.56 Å². The van der Waals surface area contributed by atoms with E-state index in [1.54, 1.807) is 6.07 Å². The van der Waals surface area contributed by atoms with E-state index in [1.807, 2.05) is 24.3 Å². The fourth-order valence-corrected chi connectivity index (χ4v) is 2.35. The predicted molar refractivity (Wildman–Crippen MR) is 81.6 cm³/mol. The second-order valence-corrected chi connectivity index (χ2v) is 5.95. The lowest BCUT2D eigenvalue weighted by molar-refractivity contribution is 0.358. The van der Waals surface area contributed by atoms with Crippen molar-refractivity contribution in [2.24, 2.45) is 0 Å². The highest BCUT2D eigenvalue weighted by Crippen LogP contribution is 2.21. The maximum atomic E-state index is 12.3. The number of hydrogen-bond acceptors (Lipinski definition) is 4. The molecular weight excluding hydrogens is 307 g/mol. The van der Waals surface area contributed by atoms with Crippen LogP contribution in [-0.2, 0) is 14.3 Å². The summed E-state index contributed by atoms with van der Waals surface area (Å²) in [6.07, 6.45) is 3.85. The molecule has 4 nitrogen and oxygen atoms in total. The molecule has 0 aliphatic carbocycles. The van der Waals surface area contributed by atoms with Gasteiger partial charge in [0.2, 0.25) is 0 Å². The van der Waals surface area contributed by atoms with Gasteiger partial charge >= 0.3 is 0 Å². The third kappa shape index (κ3) is 4.16. The van der Waals surface area contributed by atoms with Crippen LogP contribution in [0.1, 0.15) is 6.93 Å². The molecule has 0 radical (unpaired) electrons. The smallest absolute Gasteiger partial charge is 0.296 e. The molecule has 0 atom stereocenters. The Hall–Kier alpha value is -2.18. The zero-order chi connectivity index (χ0) is 16.9. The first-order valence-electron chi connectivity index (χ1n) is 6.89. The molecule has 3 rings (SSSR count). The van der Waals surface area contributed by atoms with E-state index in [9.17, 15) is 12.8 Å². The van der Waals surface area contributed by atoms with Crippen LogP contribution >= 0.6 is 0 Å². The number of halogens is 1. The number of fused-ring (bicyclic) bond motifs is 1. The molecule has 0 amide bonds. The third-order valence-electron chi connectivity index (χ3n) is 2.79. The van der Waals surface area contributed by atoms with Gasteiger partial charge in [0.1, 0.15) is 18.2 Å². The highest BCUT2D eigenvalue weighted by atomic mass is 32.2. The molecule has 0 saturated carbocycles.